The number of hydrogen-bond acceptors (Lipinski definition) is 7. The number of nitrogens with zero attached hydrogens (tertiary/aromatic N) is 2. The monoisotopic (exact) mass is 454 g/mol. The number of aliphatic hydroxyl groups is 1. The van der Waals surface area contributed by atoms with Gasteiger partial charge in [0.25, 0.3) is 5.56 Å². The van der Waals surface area contributed by atoms with E-state index in [9.17, 15) is 23.9 Å². The number of ether oxygens (including phenoxy) is 1. The molecular formula is C22H19FN4O6. The van der Waals surface area contributed by atoms with Crippen molar-refractivity contribution < 1.29 is 28.9 Å². The Morgan fingerprint density at radius 1 is 1.33 bits per heavy atom. The van der Waals surface area contributed by atoms with Gasteiger partial charge in [0, 0.05) is 29.1 Å². The van der Waals surface area contributed by atoms with Crippen molar-refractivity contribution in [2.45, 2.75) is 38.6 Å². The number of carboxylic acid groups (broad SMARTS) is 1. The fourth-order valence-corrected chi connectivity index (χ4v) is 4.57. The third-order valence-corrected chi connectivity index (χ3v) is 6.34. The third-order valence-electron chi connectivity index (χ3n) is 6.34. The quantitative estimate of drug-likeness (QED) is 0.268. The van der Waals surface area contributed by atoms with Crippen LogP contribution in [0.5, 0.6) is 0 Å². The van der Waals surface area contributed by atoms with E-state index in [1.165, 1.54) is 16.7 Å². The van der Waals surface area contributed by atoms with Crippen LogP contribution in [0.15, 0.2) is 23.0 Å². The zero-order valence-electron chi connectivity index (χ0n) is 17.4. The minimum atomic E-state index is -1.98. The number of pyridine rings is 2. The van der Waals surface area contributed by atoms with Gasteiger partial charge in [0.1, 0.15) is 12.4 Å². The Hall–Kier alpha value is -3.99. The Morgan fingerprint density at radius 2 is 2.09 bits per heavy atom. The summed E-state index contributed by atoms with van der Waals surface area (Å²) in [6.45, 7) is 1.29. The Labute approximate surface area is 185 Å². The smallest absolute Gasteiger partial charge is 0.404 e. The highest BCUT2D eigenvalue weighted by atomic mass is 19.1. The topological polar surface area (TPSA) is 157 Å². The number of carbonyl (C=O) groups excluding carboxylic acids is 1. The van der Waals surface area contributed by atoms with Gasteiger partial charge in [-0.2, -0.15) is 0 Å². The van der Waals surface area contributed by atoms with Crippen molar-refractivity contribution in [1.82, 2.24) is 14.9 Å². The second-order valence-corrected chi connectivity index (χ2v) is 8.07. The predicted octanol–water partition coefficient (Wildman–Crippen LogP) is 1.57. The number of rotatable bonds is 3. The molecule has 3 aromatic rings. The number of hydrogen-bond donors (Lipinski definition) is 4. The van der Waals surface area contributed by atoms with Crippen molar-refractivity contribution in [1.29, 1.82) is 0 Å². The molecule has 0 saturated heterocycles. The molecule has 33 heavy (non-hydrogen) atoms. The highest BCUT2D eigenvalue weighted by Crippen LogP contribution is 2.40. The number of nitrogen functional groups attached to an aromatic ring is 1. The molecule has 0 fully saturated rings. The zero-order valence-corrected chi connectivity index (χ0v) is 17.4. The molecule has 1 aromatic carbocycles. The summed E-state index contributed by atoms with van der Waals surface area (Å²) >= 11 is 0. The molecule has 5 rings (SSSR count). The van der Waals surface area contributed by atoms with Gasteiger partial charge in [0.15, 0.2) is 5.60 Å². The molecule has 4 heterocycles. The second kappa shape index (κ2) is 7.01. The maximum absolute atomic E-state index is 14.2. The van der Waals surface area contributed by atoms with Gasteiger partial charge >= 0.3 is 12.1 Å². The molecule has 0 saturated carbocycles. The van der Waals surface area contributed by atoms with Crippen LogP contribution in [0, 0.1) is 5.82 Å². The van der Waals surface area contributed by atoms with Crippen LogP contribution in [0.3, 0.4) is 0 Å². The number of halogens is 1. The first kappa shape index (κ1) is 20.9. The van der Waals surface area contributed by atoms with Crippen molar-refractivity contribution in [2.75, 3.05) is 5.73 Å². The molecule has 2 aliphatic rings. The van der Waals surface area contributed by atoms with Crippen molar-refractivity contribution >= 4 is 28.7 Å². The van der Waals surface area contributed by atoms with Gasteiger partial charge in [-0.05, 0) is 24.1 Å². The number of aromatic nitrogens is 2. The molecule has 0 aliphatic carbocycles. The van der Waals surface area contributed by atoms with E-state index in [0.29, 0.717) is 27.9 Å². The van der Waals surface area contributed by atoms with Crippen LogP contribution >= 0.6 is 0 Å². The molecule has 170 valence electrons. The van der Waals surface area contributed by atoms with Gasteiger partial charge in [-0.15, -0.1) is 0 Å². The average Bonchev–Trinajstić information content (AvgIpc) is 3.14. The largest absolute Gasteiger partial charge is 0.465 e. The van der Waals surface area contributed by atoms with Gasteiger partial charge in [-0.25, -0.2) is 19.0 Å². The number of benzene rings is 1. The molecule has 0 spiro atoms. The van der Waals surface area contributed by atoms with E-state index in [1.807, 2.05) is 0 Å². The Bertz CT molecular complexity index is 1450. The van der Waals surface area contributed by atoms with Crippen LogP contribution in [0.2, 0.25) is 0 Å². The second-order valence-electron chi connectivity index (χ2n) is 8.07. The van der Waals surface area contributed by atoms with E-state index in [0.717, 1.165) is 6.07 Å². The van der Waals surface area contributed by atoms with E-state index in [2.05, 4.69) is 10.3 Å². The first-order chi connectivity index (χ1) is 15.7. The van der Waals surface area contributed by atoms with Crippen LogP contribution < -0.4 is 16.6 Å². The lowest BCUT2D eigenvalue weighted by Gasteiger charge is -2.31. The summed E-state index contributed by atoms with van der Waals surface area (Å²) in [5.74, 6) is -1.52. The normalized spacial score (nSPS) is 18.5. The molecule has 10 nitrogen and oxygen atoms in total. The summed E-state index contributed by atoms with van der Waals surface area (Å²) in [7, 11) is 0. The van der Waals surface area contributed by atoms with E-state index in [1.54, 1.807) is 6.92 Å². The van der Waals surface area contributed by atoms with Crippen molar-refractivity contribution in [3.05, 3.63) is 56.6 Å². The van der Waals surface area contributed by atoms with Gasteiger partial charge in [-0.3, -0.25) is 4.79 Å². The van der Waals surface area contributed by atoms with Crippen molar-refractivity contribution in [3.8, 4) is 11.4 Å². The van der Waals surface area contributed by atoms with Crippen molar-refractivity contribution in [2.24, 2.45) is 0 Å². The number of esters is 1. The van der Waals surface area contributed by atoms with E-state index < -0.39 is 29.0 Å². The van der Waals surface area contributed by atoms with Crippen molar-refractivity contribution in [3.63, 3.8) is 0 Å². The summed E-state index contributed by atoms with van der Waals surface area (Å²) in [6.07, 6.45) is -1.26. The first-order valence-corrected chi connectivity index (χ1v) is 10.2. The maximum Gasteiger partial charge on any atom is 0.404 e. The highest BCUT2D eigenvalue weighted by molar-refractivity contribution is 5.91. The Morgan fingerprint density at radius 3 is 2.79 bits per heavy atom. The molecule has 1 atom stereocenters. The zero-order chi connectivity index (χ0) is 23.7. The standard InChI is InChI=1S/C22H19FN4O6/c1-2-22(32)13-4-17-18-11(7-27(17)19(28)12(13)8-33-20(22)29)10(6-25-21(30)31)9-3-15(24)14(23)5-16(9)26-18/h3-5,25,32H,2,6-8,24H2,1H3,(H,30,31)/t22-/m0/s1. The summed E-state index contributed by atoms with van der Waals surface area (Å²) in [5, 5.41) is 22.8. The van der Waals surface area contributed by atoms with E-state index in [4.69, 9.17) is 15.6 Å². The lowest BCUT2D eigenvalue weighted by atomic mass is 9.86. The van der Waals surface area contributed by atoms with E-state index >= 15 is 0 Å². The number of nitrogens with two attached hydrogens (primary N) is 1. The fourth-order valence-electron chi connectivity index (χ4n) is 4.57. The average molecular weight is 454 g/mol. The number of carbonyl (C=O) groups is 2. The van der Waals surface area contributed by atoms with Gasteiger partial charge in [0.2, 0.25) is 0 Å². The summed E-state index contributed by atoms with van der Waals surface area (Å²) < 4.78 is 20.7. The number of amides is 1. The fraction of sp³-hybridized carbons (Fsp3) is 0.273. The molecule has 2 aromatic heterocycles. The molecule has 0 unspecified atom stereocenters. The number of fused-ring (bicyclic) bond motifs is 5. The minimum absolute atomic E-state index is 0.00198. The highest BCUT2D eigenvalue weighted by Gasteiger charge is 2.45. The molecule has 5 N–H and O–H groups in total. The van der Waals surface area contributed by atoms with Gasteiger partial charge < -0.3 is 30.6 Å². The third kappa shape index (κ3) is 2.89. The first-order valence-electron chi connectivity index (χ1n) is 10.2. The van der Waals surface area contributed by atoms with Crippen LogP contribution in [-0.2, 0) is 34.8 Å². The molecule has 11 heteroatoms. The molecule has 0 bridgehead atoms. The molecule has 1 amide bonds. The van der Waals surface area contributed by atoms with Crippen LogP contribution in [0.4, 0.5) is 14.9 Å². The number of anilines is 1. The van der Waals surface area contributed by atoms with Gasteiger partial charge in [0.05, 0.1) is 34.7 Å². The van der Waals surface area contributed by atoms with E-state index in [-0.39, 0.29) is 48.4 Å². The minimum Gasteiger partial charge on any atom is -0.465 e. The summed E-state index contributed by atoms with van der Waals surface area (Å²) in [6, 6.07) is 4.07. The lowest BCUT2D eigenvalue weighted by Crippen LogP contribution is -2.44. The maximum atomic E-state index is 14.2. The predicted molar refractivity (Wildman–Crippen MR) is 114 cm³/mol. The molecule has 2 aliphatic heterocycles. The van der Waals surface area contributed by atoms with Crippen LogP contribution in [-0.4, -0.2) is 31.8 Å². The lowest BCUT2D eigenvalue weighted by molar-refractivity contribution is -0.172. The molecular weight excluding hydrogens is 435 g/mol. The summed E-state index contributed by atoms with van der Waals surface area (Å²) in [5.41, 5.74) is 5.48. The van der Waals surface area contributed by atoms with Crippen LogP contribution in [0.1, 0.15) is 35.6 Å². The molecule has 0 radical (unpaired) electrons. The summed E-state index contributed by atoms with van der Waals surface area (Å²) in [4.78, 5) is 41.3. The Balaban J connectivity index is 1.81. The van der Waals surface area contributed by atoms with Crippen LogP contribution in [0.25, 0.3) is 22.3 Å². The number of cyclic esters (lactones) is 1. The Kier molecular flexibility index (Phi) is 4.43. The number of nitrogens with one attached hydrogen (secondary N) is 1. The SMILES string of the molecule is CC[C@@]1(O)C(=O)OCc2c1cc1n(c2=O)Cc2c-1nc1cc(F)c(N)cc1c2CNC(=O)O. The van der Waals surface area contributed by atoms with Gasteiger partial charge in [-0.1, -0.05) is 6.92 Å².